The molecule has 3 atom stereocenters. The predicted molar refractivity (Wildman–Crippen MR) is 167 cm³/mol. The molecular formula is C33H54O11. The maximum atomic E-state index is 11.3. The average Bonchev–Trinajstić information content (AvgIpc) is 3.32. The SMILES string of the molecule is C=C(C)C(=O)OCCCO.C=C(C)C(=O)OCCO.C=CC(=O)OC1CC2CCC1(C)C2(C)C.C=CC(=O)OCCCCO. The molecule has 0 spiro atoms. The summed E-state index contributed by atoms with van der Waals surface area (Å²) in [5, 5.41) is 24.8. The van der Waals surface area contributed by atoms with Gasteiger partial charge in [-0.2, -0.15) is 0 Å². The Labute approximate surface area is 262 Å². The van der Waals surface area contributed by atoms with Crippen LogP contribution in [0.25, 0.3) is 0 Å². The minimum absolute atomic E-state index is 0.0451. The van der Waals surface area contributed by atoms with Gasteiger partial charge in [-0.15, -0.1) is 0 Å². The van der Waals surface area contributed by atoms with E-state index in [0.717, 1.165) is 12.5 Å². The first-order valence-electron chi connectivity index (χ1n) is 14.7. The lowest BCUT2D eigenvalue weighted by Crippen LogP contribution is -2.38. The van der Waals surface area contributed by atoms with Crippen LogP contribution in [0.1, 0.15) is 73.1 Å². The van der Waals surface area contributed by atoms with Crippen LogP contribution in [-0.2, 0) is 38.1 Å². The average molecular weight is 627 g/mol. The first kappa shape index (κ1) is 42.9. The highest BCUT2D eigenvalue weighted by Crippen LogP contribution is 2.66. The number of hydrogen-bond donors (Lipinski definition) is 3. The molecule has 2 aliphatic rings. The molecule has 2 saturated carbocycles. The van der Waals surface area contributed by atoms with E-state index in [1.54, 1.807) is 13.8 Å². The maximum Gasteiger partial charge on any atom is 0.333 e. The smallest absolute Gasteiger partial charge is 0.333 e. The number of aliphatic hydroxyl groups is 3. The third-order valence-electron chi connectivity index (χ3n) is 7.66. The van der Waals surface area contributed by atoms with Crippen LogP contribution in [0.4, 0.5) is 0 Å². The summed E-state index contributed by atoms with van der Waals surface area (Å²) in [4.78, 5) is 42.7. The van der Waals surface area contributed by atoms with Gasteiger partial charge in [0.1, 0.15) is 12.7 Å². The molecule has 2 aliphatic carbocycles. The van der Waals surface area contributed by atoms with Crippen LogP contribution in [0.15, 0.2) is 49.6 Å². The Morgan fingerprint density at radius 1 is 0.750 bits per heavy atom. The molecule has 11 heteroatoms. The molecule has 0 amide bonds. The van der Waals surface area contributed by atoms with E-state index in [1.165, 1.54) is 18.9 Å². The molecule has 2 rings (SSSR count). The summed E-state index contributed by atoms with van der Waals surface area (Å²) in [5.41, 5.74) is 1.21. The monoisotopic (exact) mass is 626 g/mol. The van der Waals surface area contributed by atoms with E-state index in [-0.39, 0.29) is 50.5 Å². The Morgan fingerprint density at radius 3 is 1.64 bits per heavy atom. The summed E-state index contributed by atoms with van der Waals surface area (Å²) < 4.78 is 19.2. The predicted octanol–water partition coefficient (Wildman–Crippen LogP) is 4.00. The quantitative estimate of drug-likeness (QED) is 0.110. The number of carbonyl (C=O) groups excluding carboxylic acids is 4. The van der Waals surface area contributed by atoms with Crippen LogP contribution in [0.3, 0.4) is 0 Å². The first-order chi connectivity index (χ1) is 20.6. The highest BCUT2D eigenvalue weighted by molar-refractivity contribution is 5.87. The van der Waals surface area contributed by atoms with Gasteiger partial charge in [0.25, 0.3) is 0 Å². The van der Waals surface area contributed by atoms with E-state index in [1.807, 2.05) is 0 Å². The van der Waals surface area contributed by atoms with Crippen molar-refractivity contribution in [2.75, 3.05) is 39.6 Å². The van der Waals surface area contributed by atoms with Crippen LogP contribution in [0.2, 0.25) is 0 Å². The van der Waals surface area contributed by atoms with Crippen LogP contribution in [-0.4, -0.2) is 84.9 Å². The Bertz CT molecular complexity index is 951. The van der Waals surface area contributed by atoms with Gasteiger partial charge in [0.2, 0.25) is 0 Å². The molecule has 2 bridgehead atoms. The van der Waals surface area contributed by atoms with E-state index in [9.17, 15) is 19.2 Å². The molecule has 0 radical (unpaired) electrons. The minimum atomic E-state index is -0.455. The van der Waals surface area contributed by atoms with Gasteiger partial charge >= 0.3 is 23.9 Å². The van der Waals surface area contributed by atoms with Gasteiger partial charge in [0.15, 0.2) is 0 Å². The van der Waals surface area contributed by atoms with Gasteiger partial charge in [-0.25, -0.2) is 19.2 Å². The van der Waals surface area contributed by atoms with Gasteiger partial charge in [-0.1, -0.05) is 47.1 Å². The van der Waals surface area contributed by atoms with Crippen molar-refractivity contribution in [3.63, 3.8) is 0 Å². The fourth-order valence-corrected chi connectivity index (χ4v) is 4.56. The van der Waals surface area contributed by atoms with Crippen LogP contribution >= 0.6 is 0 Å². The third-order valence-corrected chi connectivity index (χ3v) is 7.66. The van der Waals surface area contributed by atoms with Gasteiger partial charge in [0, 0.05) is 48.3 Å². The highest BCUT2D eigenvalue weighted by Gasteiger charge is 2.62. The molecule has 252 valence electrons. The number of fused-ring (bicyclic) bond motifs is 2. The summed E-state index contributed by atoms with van der Waals surface area (Å²) in [6.45, 7) is 24.2. The van der Waals surface area contributed by atoms with Crippen molar-refractivity contribution < 1.29 is 53.4 Å². The van der Waals surface area contributed by atoms with E-state index in [2.05, 4.69) is 61.3 Å². The van der Waals surface area contributed by atoms with E-state index < -0.39 is 17.9 Å². The Balaban J connectivity index is 0. The summed E-state index contributed by atoms with van der Waals surface area (Å²) in [7, 11) is 0. The van der Waals surface area contributed by atoms with Crippen molar-refractivity contribution in [3.05, 3.63) is 49.6 Å². The second-order valence-electron chi connectivity index (χ2n) is 11.2. The Kier molecular flexibility index (Phi) is 22.5. The van der Waals surface area contributed by atoms with Gasteiger partial charge in [0.05, 0.1) is 19.8 Å². The van der Waals surface area contributed by atoms with E-state index in [0.29, 0.717) is 48.3 Å². The lowest BCUT2D eigenvalue weighted by Gasteiger charge is -2.38. The highest BCUT2D eigenvalue weighted by atomic mass is 16.6. The fourth-order valence-electron chi connectivity index (χ4n) is 4.56. The zero-order valence-electron chi connectivity index (χ0n) is 27.2. The van der Waals surface area contributed by atoms with E-state index in [4.69, 9.17) is 20.1 Å². The Morgan fingerprint density at radius 2 is 1.25 bits per heavy atom. The molecule has 3 N–H and O–H groups in total. The summed E-state index contributed by atoms with van der Waals surface area (Å²) in [6.07, 6.45) is 7.84. The standard InChI is InChI=1S/C13H20O2.2C7H12O3.C6H10O3/c1-5-11(14)15-10-8-9-6-7-13(10,4)12(9,2)3;1-6(2)7(9)10-5-3-4-8;1-2-7(9)10-6-4-3-5-8;1-5(2)6(8)9-4-3-7/h5,9-10H,1,6-8H2,2-4H3;8H,1,3-5H2,2H3;2,8H,1,3-6H2;7H,1,3-4H2,2H3. The van der Waals surface area contributed by atoms with Gasteiger partial charge in [-0.05, 0) is 57.3 Å². The van der Waals surface area contributed by atoms with Crippen LogP contribution in [0, 0.1) is 16.7 Å². The number of rotatable bonds is 14. The number of esters is 4. The van der Waals surface area contributed by atoms with E-state index >= 15 is 0 Å². The van der Waals surface area contributed by atoms with Crippen LogP contribution in [0.5, 0.6) is 0 Å². The van der Waals surface area contributed by atoms with Crippen molar-refractivity contribution in [2.24, 2.45) is 16.7 Å². The Hall–Kier alpha value is -3.28. The molecule has 0 aromatic heterocycles. The topological polar surface area (TPSA) is 166 Å². The normalized spacial score (nSPS) is 20.0. The maximum absolute atomic E-state index is 11.3. The molecule has 44 heavy (non-hydrogen) atoms. The third kappa shape index (κ3) is 16.0. The largest absolute Gasteiger partial charge is 0.463 e. The number of unbranched alkanes of at least 4 members (excludes halogenated alkanes) is 1. The lowest BCUT2D eigenvalue weighted by molar-refractivity contribution is -0.150. The van der Waals surface area contributed by atoms with Crippen molar-refractivity contribution in [2.45, 2.75) is 79.2 Å². The van der Waals surface area contributed by atoms with Gasteiger partial charge in [-0.3, -0.25) is 0 Å². The van der Waals surface area contributed by atoms with Gasteiger partial charge < -0.3 is 34.3 Å². The summed E-state index contributed by atoms with van der Waals surface area (Å²) in [6, 6.07) is 0. The zero-order valence-corrected chi connectivity index (χ0v) is 27.2. The van der Waals surface area contributed by atoms with Crippen molar-refractivity contribution in [3.8, 4) is 0 Å². The summed E-state index contributed by atoms with van der Waals surface area (Å²) >= 11 is 0. The van der Waals surface area contributed by atoms with Crippen molar-refractivity contribution in [1.82, 2.24) is 0 Å². The second kappa shape index (κ2) is 23.1. The molecule has 0 aliphatic heterocycles. The number of aliphatic hydroxyl groups excluding tert-OH is 3. The lowest BCUT2D eigenvalue weighted by atomic mass is 9.70. The molecule has 2 fully saturated rings. The number of ether oxygens (including phenoxy) is 4. The molecule has 3 unspecified atom stereocenters. The molecule has 0 aromatic rings. The fraction of sp³-hybridized carbons (Fsp3) is 0.636. The number of carbonyl (C=O) groups is 4. The molecule has 11 nitrogen and oxygen atoms in total. The minimum Gasteiger partial charge on any atom is -0.463 e. The van der Waals surface area contributed by atoms with Crippen LogP contribution < -0.4 is 0 Å². The van der Waals surface area contributed by atoms with Crippen molar-refractivity contribution >= 4 is 23.9 Å². The molecular weight excluding hydrogens is 572 g/mol. The first-order valence-corrected chi connectivity index (χ1v) is 14.7. The number of hydrogen-bond acceptors (Lipinski definition) is 11. The molecule has 0 saturated heterocycles. The van der Waals surface area contributed by atoms with Crippen molar-refractivity contribution in [1.29, 1.82) is 0 Å². The zero-order chi connectivity index (χ0) is 34.3. The second-order valence-corrected chi connectivity index (χ2v) is 11.2. The molecule has 0 aromatic carbocycles. The summed E-state index contributed by atoms with van der Waals surface area (Å²) in [5.74, 6) is -0.815. The molecule has 0 heterocycles.